The Kier molecular flexibility index (Phi) is 26.6. The second-order valence-corrected chi connectivity index (χ2v) is 13.6. The van der Waals surface area contributed by atoms with Gasteiger partial charge >= 0.3 is 0 Å². The maximum Gasteiger partial charge on any atom is -0.0443 e. The summed E-state index contributed by atoms with van der Waals surface area (Å²) < 4.78 is 0. The highest BCUT2D eigenvalue weighted by atomic mass is 14.1. The molecule has 0 radical (unpaired) electrons. The molecule has 0 spiro atoms. The molecule has 5 atom stereocenters. The van der Waals surface area contributed by atoms with E-state index in [1.165, 1.54) is 154 Å². The molecule has 0 aliphatic heterocycles. The smallest absolute Gasteiger partial charge is 0.0443 e. The predicted octanol–water partition coefficient (Wildman–Crippen LogP) is 13.6. The number of hydrogen-bond donors (Lipinski definition) is 0. The summed E-state index contributed by atoms with van der Waals surface area (Å²) in [5.41, 5.74) is 0. The molecule has 0 aliphatic rings. The zero-order valence-corrected chi connectivity index (χ0v) is 26.9. The molecule has 0 N–H and O–H groups in total. The van der Waals surface area contributed by atoms with Crippen LogP contribution in [0.15, 0.2) is 0 Å². The fourth-order valence-corrected chi connectivity index (χ4v) is 5.84. The van der Waals surface area contributed by atoms with Crippen LogP contribution in [0.25, 0.3) is 0 Å². The van der Waals surface area contributed by atoms with E-state index in [4.69, 9.17) is 0 Å². The Balaban J connectivity index is 3.37. The van der Waals surface area contributed by atoms with Crippen LogP contribution in [0.1, 0.15) is 203 Å². The highest BCUT2D eigenvalue weighted by Gasteiger charge is 2.06. The lowest BCUT2D eigenvalue weighted by Gasteiger charge is -2.13. The quantitative estimate of drug-likeness (QED) is 0.0925. The lowest BCUT2D eigenvalue weighted by molar-refractivity contribution is 0.402. The molecule has 5 unspecified atom stereocenters. The number of hydrogen-bond acceptors (Lipinski definition) is 0. The Morgan fingerprint density at radius 1 is 0.250 bits per heavy atom. The second kappa shape index (κ2) is 26.6. The molecule has 0 heterocycles. The van der Waals surface area contributed by atoms with Gasteiger partial charge in [-0.25, -0.2) is 0 Å². The number of unbranched alkanes of at least 4 members (excludes halogenated alkanes) is 10. The summed E-state index contributed by atoms with van der Waals surface area (Å²) in [6.07, 6.45) is 35.0. The molecule has 0 aromatic rings. The maximum absolute atomic E-state index is 2.51. The molecule has 0 fully saturated rings. The lowest BCUT2D eigenvalue weighted by atomic mass is 9.93. The van der Waals surface area contributed by atoms with Gasteiger partial charge in [0.05, 0.1) is 0 Å². The van der Waals surface area contributed by atoms with Crippen LogP contribution in [0.5, 0.6) is 0 Å². The van der Waals surface area contributed by atoms with Crippen molar-refractivity contribution in [3.8, 4) is 0 Å². The number of rotatable bonds is 28. The Labute approximate surface area is 232 Å². The molecule has 218 valence electrons. The van der Waals surface area contributed by atoms with Crippen molar-refractivity contribution in [2.75, 3.05) is 0 Å². The third-order valence-electron chi connectivity index (χ3n) is 9.47. The highest BCUT2D eigenvalue weighted by molar-refractivity contribution is 4.60. The van der Waals surface area contributed by atoms with Gasteiger partial charge in [0, 0.05) is 0 Å². The van der Waals surface area contributed by atoms with Crippen molar-refractivity contribution < 1.29 is 0 Å². The molecule has 0 aliphatic carbocycles. The topological polar surface area (TPSA) is 0 Å². The molecular weight excluding hydrogens is 432 g/mol. The summed E-state index contributed by atoms with van der Waals surface area (Å²) in [6.45, 7) is 17.0. The van der Waals surface area contributed by atoms with E-state index >= 15 is 0 Å². The predicted molar refractivity (Wildman–Crippen MR) is 168 cm³/mol. The van der Waals surface area contributed by atoms with Crippen molar-refractivity contribution >= 4 is 0 Å². The third-order valence-corrected chi connectivity index (χ3v) is 9.47. The van der Waals surface area contributed by atoms with E-state index in [2.05, 4.69) is 48.5 Å². The van der Waals surface area contributed by atoms with E-state index in [0.29, 0.717) is 0 Å². The molecular formula is C36H74. The minimum atomic E-state index is 0.936. The molecule has 0 saturated carbocycles. The largest absolute Gasteiger partial charge is 0.0651 e. The van der Waals surface area contributed by atoms with E-state index in [1.807, 2.05) is 0 Å². The monoisotopic (exact) mass is 507 g/mol. The first kappa shape index (κ1) is 36.0. The Morgan fingerprint density at radius 2 is 0.417 bits per heavy atom. The lowest BCUT2D eigenvalue weighted by Crippen LogP contribution is -1.98. The molecule has 0 saturated heterocycles. The van der Waals surface area contributed by atoms with Gasteiger partial charge in [-0.15, -0.1) is 0 Å². The van der Waals surface area contributed by atoms with Gasteiger partial charge in [-0.1, -0.05) is 203 Å². The summed E-state index contributed by atoms with van der Waals surface area (Å²) in [6, 6.07) is 0. The summed E-state index contributed by atoms with van der Waals surface area (Å²) in [7, 11) is 0. The fourth-order valence-electron chi connectivity index (χ4n) is 5.84. The molecule has 0 nitrogen and oxygen atoms in total. The normalized spacial score (nSPS) is 16.1. The minimum Gasteiger partial charge on any atom is -0.0651 e. The second-order valence-electron chi connectivity index (χ2n) is 13.6. The van der Waals surface area contributed by atoms with Gasteiger partial charge in [-0.05, 0) is 29.6 Å². The molecule has 0 heteroatoms. The van der Waals surface area contributed by atoms with Crippen molar-refractivity contribution in [1.29, 1.82) is 0 Å². The average molecular weight is 507 g/mol. The fraction of sp³-hybridized carbons (Fsp3) is 1.00. The SMILES string of the molecule is CCC(C)CCCCC(C)CCCCCCCCC(C)CCCCCCC(C)CCCCC(C)CC. The van der Waals surface area contributed by atoms with Crippen molar-refractivity contribution in [2.24, 2.45) is 29.6 Å². The van der Waals surface area contributed by atoms with Crippen molar-refractivity contribution in [3.05, 3.63) is 0 Å². The summed E-state index contributed by atoms with van der Waals surface area (Å²) in [5.74, 6) is 4.73. The Morgan fingerprint density at radius 3 is 0.639 bits per heavy atom. The first-order chi connectivity index (χ1) is 17.4. The van der Waals surface area contributed by atoms with Gasteiger partial charge in [-0.2, -0.15) is 0 Å². The van der Waals surface area contributed by atoms with Crippen LogP contribution in [0.3, 0.4) is 0 Å². The van der Waals surface area contributed by atoms with Crippen molar-refractivity contribution in [1.82, 2.24) is 0 Å². The molecule has 0 aromatic heterocycles. The minimum absolute atomic E-state index is 0.936. The van der Waals surface area contributed by atoms with Gasteiger partial charge in [-0.3, -0.25) is 0 Å². The zero-order valence-electron chi connectivity index (χ0n) is 26.9. The molecule has 0 aromatic carbocycles. The van der Waals surface area contributed by atoms with Crippen LogP contribution in [-0.4, -0.2) is 0 Å². The first-order valence-corrected chi connectivity index (χ1v) is 17.4. The van der Waals surface area contributed by atoms with E-state index in [-0.39, 0.29) is 0 Å². The molecule has 0 amide bonds. The van der Waals surface area contributed by atoms with E-state index < -0.39 is 0 Å². The van der Waals surface area contributed by atoms with E-state index in [1.54, 1.807) is 0 Å². The Bertz CT molecular complexity index is 412. The highest BCUT2D eigenvalue weighted by Crippen LogP contribution is 2.22. The third kappa shape index (κ3) is 25.6. The molecule has 0 bridgehead atoms. The van der Waals surface area contributed by atoms with Gasteiger partial charge in [0.2, 0.25) is 0 Å². The summed E-state index contributed by atoms with van der Waals surface area (Å²) in [5, 5.41) is 0. The van der Waals surface area contributed by atoms with E-state index in [0.717, 1.165) is 29.6 Å². The van der Waals surface area contributed by atoms with Crippen LogP contribution in [-0.2, 0) is 0 Å². The van der Waals surface area contributed by atoms with Crippen molar-refractivity contribution in [2.45, 2.75) is 203 Å². The van der Waals surface area contributed by atoms with Crippen LogP contribution in [0, 0.1) is 29.6 Å². The summed E-state index contributed by atoms with van der Waals surface area (Å²) >= 11 is 0. The van der Waals surface area contributed by atoms with Gasteiger partial charge < -0.3 is 0 Å². The van der Waals surface area contributed by atoms with Crippen LogP contribution < -0.4 is 0 Å². The molecule has 0 rings (SSSR count). The molecule has 36 heavy (non-hydrogen) atoms. The zero-order chi connectivity index (χ0) is 26.9. The van der Waals surface area contributed by atoms with Crippen LogP contribution >= 0.6 is 0 Å². The van der Waals surface area contributed by atoms with E-state index in [9.17, 15) is 0 Å². The van der Waals surface area contributed by atoms with Gasteiger partial charge in [0.1, 0.15) is 0 Å². The maximum atomic E-state index is 2.51. The van der Waals surface area contributed by atoms with Gasteiger partial charge in [0.25, 0.3) is 0 Å². The van der Waals surface area contributed by atoms with Crippen LogP contribution in [0.2, 0.25) is 0 Å². The standard InChI is InChI=1S/C36H74/c1-8-32(3)24-20-22-30-35(6)27-17-13-11-10-12-16-26-34(5)28-18-14-15-19-29-36(7)31-23-21-25-33(4)9-2/h32-36H,8-31H2,1-7H3. The van der Waals surface area contributed by atoms with Crippen LogP contribution in [0.4, 0.5) is 0 Å². The summed E-state index contributed by atoms with van der Waals surface area (Å²) in [4.78, 5) is 0. The Hall–Kier alpha value is 0. The van der Waals surface area contributed by atoms with Crippen molar-refractivity contribution in [3.63, 3.8) is 0 Å². The first-order valence-electron chi connectivity index (χ1n) is 17.4. The average Bonchev–Trinajstić information content (AvgIpc) is 2.87. The van der Waals surface area contributed by atoms with Gasteiger partial charge in [0.15, 0.2) is 0 Å².